The van der Waals surface area contributed by atoms with Crippen LogP contribution in [0, 0.1) is 12.3 Å². The molecule has 0 fully saturated rings. The summed E-state index contributed by atoms with van der Waals surface area (Å²) in [5.74, 6) is -0.996. The number of nitrogens with zero attached hydrogens (tertiary/aromatic N) is 2. The minimum Gasteiger partial charge on any atom is -0.507 e. The van der Waals surface area contributed by atoms with Crippen molar-refractivity contribution in [1.82, 2.24) is 9.88 Å². The summed E-state index contributed by atoms with van der Waals surface area (Å²) in [7, 11) is 0. The largest absolute Gasteiger partial charge is 0.507 e. The maximum Gasteiger partial charge on any atom is 0.342 e. The van der Waals surface area contributed by atoms with Crippen LogP contribution in [0.5, 0.6) is 5.75 Å². The van der Waals surface area contributed by atoms with Gasteiger partial charge < -0.3 is 14.7 Å². The van der Waals surface area contributed by atoms with Crippen LogP contribution in [0.3, 0.4) is 0 Å². The third kappa shape index (κ3) is 4.03. The first-order valence-electron chi connectivity index (χ1n) is 8.95. The summed E-state index contributed by atoms with van der Waals surface area (Å²) in [4.78, 5) is 31.0. The zero-order valence-corrected chi connectivity index (χ0v) is 16.4. The number of phenols is 1. The molecular formula is C21H23N3O4. The molecule has 0 saturated heterocycles. The average molecular weight is 381 g/mol. The highest BCUT2D eigenvalue weighted by molar-refractivity contribution is 6.05. The minimum atomic E-state index is -0.717. The fourth-order valence-electron chi connectivity index (χ4n) is 2.96. The highest BCUT2D eigenvalue weighted by Crippen LogP contribution is 2.24. The van der Waals surface area contributed by atoms with Crippen LogP contribution in [-0.4, -0.2) is 44.7 Å². The standard InChI is InChI=1S/C21H23N3O4/c1-12-5-6-14-10-24(19(22)18(14)23-12)11-17(26)13-7-8-16(25)15(9-13)20(27)28-21(2,3)4/h5-9,22,25H,10-11H2,1-4H3. The molecule has 2 N–H and O–H groups in total. The van der Waals surface area contributed by atoms with Gasteiger partial charge in [0.25, 0.3) is 0 Å². The summed E-state index contributed by atoms with van der Waals surface area (Å²) >= 11 is 0. The van der Waals surface area contributed by atoms with Gasteiger partial charge in [0.05, 0.1) is 6.54 Å². The van der Waals surface area contributed by atoms with E-state index in [1.165, 1.54) is 18.2 Å². The number of fused-ring (bicyclic) bond motifs is 1. The number of benzene rings is 1. The van der Waals surface area contributed by atoms with Crippen LogP contribution < -0.4 is 0 Å². The molecule has 0 radical (unpaired) electrons. The van der Waals surface area contributed by atoms with E-state index < -0.39 is 11.6 Å². The van der Waals surface area contributed by atoms with Gasteiger partial charge in [-0.1, -0.05) is 6.07 Å². The van der Waals surface area contributed by atoms with Crippen molar-refractivity contribution in [1.29, 1.82) is 5.41 Å². The second-order valence-corrected chi connectivity index (χ2v) is 7.82. The van der Waals surface area contributed by atoms with Crippen LogP contribution in [0.25, 0.3) is 0 Å². The monoisotopic (exact) mass is 381 g/mol. The number of aromatic nitrogens is 1. The van der Waals surface area contributed by atoms with Gasteiger partial charge in [-0.05, 0) is 52.0 Å². The highest BCUT2D eigenvalue weighted by atomic mass is 16.6. The molecule has 0 atom stereocenters. The van der Waals surface area contributed by atoms with E-state index in [-0.39, 0.29) is 35.0 Å². The van der Waals surface area contributed by atoms with Gasteiger partial charge in [-0.3, -0.25) is 10.2 Å². The molecule has 0 amide bonds. The molecule has 2 aromatic rings. The zero-order chi connectivity index (χ0) is 20.6. The fraction of sp³-hybridized carbons (Fsp3) is 0.333. The van der Waals surface area contributed by atoms with Crippen LogP contribution in [0.15, 0.2) is 30.3 Å². The molecule has 1 aromatic heterocycles. The Balaban J connectivity index is 1.78. The van der Waals surface area contributed by atoms with E-state index in [1.807, 2.05) is 19.1 Å². The van der Waals surface area contributed by atoms with Gasteiger partial charge in [-0.15, -0.1) is 0 Å². The van der Waals surface area contributed by atoms with Gasteiger partial charge in [0, 0.05) is 23.4 Å². The van der Waals surface area contributed by atoms with E-state index in [2.05, 4.69) is 4.98 Å². The molecule has 0 unspecified atom stereocenters. The molecule has 0 bridgehead atoms. The first-order chi connectivity index (χ1) is 13.0. The topological polar surface area (TPSA) is 104 Å². The Kier molecular flexibility index (Phi) is 4.93. The zero-order valence-electron chi connectivity index (χ0n) is 16.4. The summed E-state index contributed by atoms with van der Waals surface area (Å²) in [5, 5.41) is 18.3. The van der Waals surface area contributed by atoms with Gasteiger partial charge in [0.1, 0.15) is 28.4 Å². The number of hydrogen-bond acceptors (Lipinski definition) is 6. The number of carbonyl (C=O) groups is 2. The predicted octanol–water partition coefficient (Wildman–Crippen LogP) is 3.07. The Morgan fingerprint density at radius 3 is 2.64 bits per heavy atom. The second-order valence-electron chi connectivity index (χ2n) is 7.82. The lowest BCUT2D eigenvalue weighted by atomic mass is 10.1. The number of Topliss-reactive ketones (excluding diaryl/α,β-unsaturated/α-hetero) is 1. The van der Waals surface area contributed by atoms with Crippen molar-refractivity contribution in [3.63, 3.8) is 0 Å². The number of amidine groups is 1. The number of carbonyl (C=O) groups excluding carboxylic acids is 2. The lowest BCUT2D eigenvalue weighted by Gasteiger charge is -2.20. The van der Waals surface area contributed by atoms with Crippen molar-refractivity contribution < 1.29 is 19.4 Å². The van der Waals surface area contributed by atoms with Crippen LogP contribution in [0.2, 0.25) is 0 Å². The number of esters is 1. The van der Waals surface area contributed by atoms with Gasteiger partial charge in [-0.2, -0.15) is 0 Å². The predicted molar refractivity (Wildman–Crippen MR) is 104 cm³/mol. The van der Waals surface area contributed by atoms with E-state index >= 15 is 0 Å². The van der Waals surface area contributed by atoms with Gasteiger partial charge in [-0.25, -0.2) is 9.78 Å². The van der Waals surface area contributed by atoms with Gasteiger partial charge in [0.2, 0.25) is 0 Å². The molecule has 28 heavy (non-hydrogen) atoms. The van der Waals surface area contributed by atoms with Crippen LogP contribution in [0.1, 0.15) is 58.4 Å². The molecule has 2 heterocycles. The Hall–Kier alpha value is -3.22. The Bertz CT molecular complexity index is 976. The molecule has 0 saturated carbocycles. The number of ketones is 1. The Morgan fingerprint density at radius 1 is 1.25 bits per heavy atom. The van der Waals surface area contributed by atoms with E-state index in [1.54, 1.807) is 25.7 Å². The molecule has 1 aliphatic rings. The van der Waals surface area contributed by atoms with Crippen molar-refractivity contribution in [2.75, 3.05) is 6.54 Å². The van der Waals surface area contributed by atoms with Crippen LogP contribution in [0.4, 0.5) is 0 Å². The lowest BCUT2D eigenvalue weighted by molar-refractivity contribution is 0.00668. The van der Waals surface area contributed by atoms with Crippen molar-refractivity contribution in [2.24, 2.45) is 0 Å². The van der Waals surface area contributed by atoms with Crippen molar-refractivity contribution in [3.8, 4) is 5.75 Å². The molecular weight excluding hydrogens is 358 g/mol. The van der Waals surface area contributed by atoms with E-state index in [0.717, 1.165) is 11.3 Å². The Labute approximate surface area is 163 Å². The molecule has 0 aliphatic carbocycles. The normalized spacial score (nSPS) is 13.4. The smallest absolute Gasteiger partial charge is 0.342 e. The molecule has 1 aromatic carbocycles. The number of pyridine rings is 1. The maximum absolute atomic E-state index is 12.7. The van der Waals surface area contributed by atoms with E-state index in [4.69, 9.17) is 10.1 Å². The maximum atomic E-state index is 12.7. The van der Waals surface area contributed by atoms with Gasteiger partial charge >= 0.3 is 5.97 Å². The van der Waals surface area contributed by atoms with Crippen molar-refractivity contribution >= 4 is 17.6 Å². The summed E-state index contributed by atoms with van der Waals surface area (Å²) in [6.45, 7) is 7.45. The van der Waals surface area contributed by atoms with Crippen LogP contribution in [-0.2, 0) is 11.3 Å². The Morgan fingerprint density at radius 2 is 1.96 bits per heavy atom. The number of rotatable bonds is 4. The summed E-state index contributed by atoms with van der Waals surface area (Å²) < 4.78 is 5.28. The minimum absolute atomic E-state index is 0.0211. The first-order valence-corrected chi connectivity index (χ1v) is 8.95. The number of aryl methyl sites for hydroxylation is 1. The van der Waals surface area contributed by atoms with E-state index in [9.17, 15) is 14.7 Å². The molecule has 146 valence electrons. The summed E-state index contributed by atoms with van der Waals surface area (Å²) in [5.41, 5.74) is 1.81. The number of ether oxygens (including phenoxy) is 1. The number of phenolic OH excluding ortho intramolecular Hbond substituents is 1. The average Bonchev–Trinajstić information content (AvgIpc) is 2.89. The third-order valence-corrected chi connectivity index (χ3v) is 4.29. The SMILES string of the molecule is Cc1ccc2c(n1)C(=N)N(CC(=O)c1ccc(O)c(C(=O)OC(C)(C)C)c1)C2. The molecule has 1 aliphatic heterocycles. The highest BCUT2D eigenvalue weighted by Gasteiger charge is 2.28. The quantitative estimate of drug-likeness (QED) is 0.623. The first kappa shape index (κ1) is 19.5. The van der Waals surface area contributed by atoms with Crippen LogP contribution >= 0.6 is 0 Å². The third-order valence-electron chi connectivity index (χ3n) is 4.29. The second kappa shape index (κ2) is 7.07. The number of nitrogens with one attached hydrogen (secondary N) is 1. The summed E-state index contributed by atoms with van der Waals surface area (Å²) in [6.07, 6.45) is 0. The number of hydrogen-bond donors (Lipinski definition) is 2. The van der Waals surface area contributed by atoms with Gasteiger partial charge in [0.15, 0.2) is 5.78 Å². The molecule has 7 heteroatoms. The molecule has 0 spiro atoms. The molecule has 7 nitrogen and oxygen atoms in total. The lowest BCUT2D eigenvalue weighted by Crippen LogP contribution is -2.30. The van der Waals surface area contributed by atoms with Crippen molar-refractivity contribution in [2.45, 2.75) is 39.8 Å². The number of aromatic hydroxyl groups is 1. The van der Waals surface area contributed by atoms with Crippen molar-refractivity contribution in [3.05, 3.63) is 58.4 Å². The van der Waals surface area contributed by atoms with E-state index in [0.29, 0.717) is 12.2 Å². The molecule has 3 rings (SSSR count). The summed E-state index contributed by atoms with van der Waals surface area (Å²) in [6, 6.07) is 7.89. The fourth-order valence-corrected chi connectivity index (χ4v) is 2.96.